The maximum absolute atomic E-state index is 4.53. The third kappa shape index (κ3) is 3.59. The average molecular weight is 244 g/mol. The van der Waals surface area contributed by atoms with Crippen molar-refractivity contribution in [1.29, 1.82) is 0 Å². The van der Waals surface area contributed by atoms with E-state index in [1.165, 1.54) is 36.6 Å². The molecule has 2 aliphatic heterocycles. The van der Waals surface area contributed by atoms with Crippen LogP contribution in [0.4, 0.5) is 0 Å². The Labute approximate surface area is 101 Å². The molecule has 0 spiro atoms. The Hall–Kier alpha value is 0.170. The van der Waals surface area contributed by atoms with E-state index in [1.807, 2.05) is 11.8 Å². The Morgan fingerprint density at radius 2 is 2.33 bits per heavy atom. The number of amidine groups is 1. The highest BCUT2D eigenvalue weighted by Gasteiger charge is 2.19. The third-order valence-electron chi connectivity index (χ3n) is 2.93. The molecule has 2 nitrogen and oxygen atoms in total. The van der Waals surface area contributed by atoms with E-state index < -0.39 is 0 Å². The fourth-order valence-electron chi connectivity index (χ4n) is 1.90. The van der Waals surface area contributed by atoms with Crippen LogP contribution in [0.3, 0.4) is 0 Å². The zero-order valence-electron chi connectivity index (χ0n) is 9.37. The smallest absolute Gasteiger partial charge is 0.156 e. The molecule has 0 saturated carbocycles. The van der Waals surface area contributed by atoms with Crippen LogP contribution in [-0.4, -0.2) is 34.5 Å². The minimum Gasteiger partial charge on any atom is -0.364 e. The summed E-state index contributed by atoms with van der Waals surface area (Å²) >= 11 is 4.06. The monoisotopic (exact) mass is 244 g/mol. The van der Waals surface area contributed by atoms with Crippen molar-refractivity contribution in [3.63, 3.8) is 0 Å². The van der Waals surface area contributed by atoms with Gasteiger partial charge in [0.05, 0.1) is 6.54 Å². The first kappa shape index (κ1) is 11.6. The molecule has 2 unspecified atom stereocenters. The van der Waals surface area contributed by atoms with E-state index in [-0.39, 0.29) is 0 Å². The molecule has 1 saturated heterocycles. The molecule has 86 valence electrons. The molecule has 2 heterocycles. The number of aliphatic imine (C=N–C) groups is 1. The van der Waals surface area contributed by atoms with Crippen LogP contribution >= 0.6 is 23.5 Å². The summed E-state index contributed by atoms with van der Waals surface area (Å²) in [7, 11) is 0. The Balaban J connectivity index is 1.65. The van der Waals surface area contributed by atoms with Crippen LogP contribution in [0.15, 0.2) is 4.99 Å². The first-order valence-corrected chi connectivity index (χ1v) is 7.88. The lowest BCUT2D eigenvalue weighted by atomic mass is 10.2. The normalized spacial score (nSPS) is 31.4. The SMILES string of the molecule is CCC1CN=C(NCC2CCCCS2)S1. The van der Waals surface area contributed by atoms with Crippen molar-refractivity contribution in [2.75, 3.05) is 18.8 Å². The fraction of sp³-hybridized carbons (Fsp3) is 0.909. The summed E-state index contributed by atoms with van der Waals surface area (Å²) in [6, 6.07) is 0. The van der Waals surface area contributed by atoms with Gasteiger partial charge in [-0.2, -0.15) is 11.8 Å². The van der Waals surface area contributed by atoms with E-state index in [4.69, 9.17) is 0 Å². The summed E-state index contributed by atoms with van der Waals surface area (Å²) in [6.07, 6.45) is 5.44. The van der Waals surface area contributed by atoms with Gasteiger partial charge in [-0.05, 0) is 25.0 Å². The highest BCUT2D eigenvalue weighted by atomic mass is 32.2. The topological polar surface area (TPSA) is 24.4 Å². The predicted octanol–water partition coefficient (Wildman–Crippen LogP) is 2.74. The average Bonchev–Trinajstić information content (AvgIpc) is 2.76. The molecule has 0 aromatic heterocycles. The zero-order valence-corrected chi connectivity index (χ0v) is 11.0. The van der Waals surface area contributed by atoms with E-state index >= 15 is 0 Å². The summed E-state index contributed by atoms with van der Waals surface area (Å²) in [6.45, 7) is 4.38. The molecule has 4 heteroatoms. The molecule has 0 aromatic rings. The number of hydrogen-bond acceptors (Lipinski definition) is 4. The summed E-state index contributed by atoms with van der Waals surface area (Å²) < 4.78 is 0. The van der Waals surface area contributed by atoms with E-state index in [2.05, 4.69) is 29.0 Å². The van der Waals surface area contributed by atoms with Gasteiger partial charge in [-0.25, -0.2) is 0 Å². The summed E-state index contributed by atoms with van der Waals surface area (Å²) in [4.78, 5) is 4.53. The van der Waals surface area contributed by atoms with E-state index in [0.29, 0.717) is 0 Å². The molecule has 1 fully saturated rings. The largest absolute Gasteiger partial charge is 0.364 e. The van der Waals surface area contributed by atoms with Gasteiger partial charge in [0.15, 0.2) is 5.17 Å². The maximum atomic E-state index is 4.53. The lowest BCUT2D eigenvalue weighted by molar-refractivity contribution is 0.650. The van der Waals surface area contributed by atoms with Crippen molar-refractivity contribution in [2.45, 2.75) is 43.1 Å². The highest BCUT2D eigenvalue weighted by molar-refractivity contribution is 8.14. The fourth-order valence-corrected chi connectivity index (χ4v) is 4.08. The molecule has 0 aliphatic carbocycles. The van der Waals surface area contributed by atoms with Gasteiger partial charge in [0.2, 0.25) is 0 Å². The van der Waals surface area contributed by atoms with Gasteiger partial charge in [0.1, 0.15) is 0 Å². The molecule has 0 bridgehead atoms. The van der Waals surface area contributed by atoms with Crippen LogP contribution in [-0.2, 0) is 0 Å². The predicted molar refractivity (Wildman–Crippen MR) is 72.1 cm³/mol. The molecule has 1 N–H and O–H groups in total. The van der Waals surface area contributed by atoms with Crippen LogP contribution in [0.25, 0.3) is 0 Å². The standard InChI is InChI=1S/C11H20N2S2/c1-2-9-7-12-11(15-9)13-8-10-5-3-4-6-14-10/h9-10H,2-8H2,1H3,(H,12,13). The van der Waals surface area contributed by atoms with Crippen molar-refractivity contribution in [3.05, 3.63) is 0 Å². The first-order valence-electron chi connectivity index (χ1n) is 5.95. The number of rotatable bonds is 3. The van der Waals surface area contributed by atoms with Crippen molar-refractivity contribution in [2.24, 2.45) is 4.99 Å². The van der Waals surface area contributed by atoms with Gasteiger partial charge in [-0.15, -0.1) is 0 Å². The van der Waals surface area contributed by atoms with Crippen LogP contribution in [0.5, 0.6) is 0 Å². The van der Waals surface area contributed by atoms with Gasteiger partial charge in [0, 0.05) is 17.0 Å². The van der Waals surface area contributed by atoms with Crippen LogP contribution in [0.2, 0.25) is 0 Å². The summed E-state index contributed by atoms with van der Waals surface area (Å²) in [5, 5.41) is 6.25. The number of nitrogens with zero attached hydrogens (tertiary/aromatic N) is 1. The van der Waals surface area contributed by atoms with Crippen LogP contribution in [0.1, 0.15) is 32.6 Å². The molecule has 0 amide bonds. The van der Waals surface area contributed by atoms with Gasteiger partial charge < -0.3 is 5.32 Å². The van der Waals surface area contributed by atoms with Gasteiger partial charge >= 0.3 is 0 Å². The molecular formula is C11H20N2S2. The Morgan fingerprint density at radius 1 is 1.40 bits per heavy atom. The van der Waals surface area contributed by atoms with Crippen molar-refractivity contribution in [1.82, 2.24) is 5.32 Å². The maximum Gasteiger partial charge on any atom is 0.156 e. The Morgan fingerprint density at radius 3 is 3.00 bits per heavy atom. The molecular weight excluding hydrogens is 224 g/mol. The summed E-state index contributed by atoms with van der Waals surface area (Å²) in [5.41, 5.74) is 0. The van der Waals surface area contributed by atoms with E-state index in [0.717, 1.165) is 23.6 Å². The number of hydrogen-bond donors (Lipinski definition) is 1. The van der Waals surface area contributed by atoms with Crippen molar-refractivity contribution in [3.8, 4) is 0 Å². The molecule has 15 heavy (non-hydrogen) atoms. The van der Waals surface area contributed by atoms with Crippen molar-refractivity contribution >= 4 is 28.7 Å². The van der Waals surface area contributed by atoms with Crippen molar-refractivity contribution < 1.29 is 0 Å². The third-order valence-corrected chi connectivity index (χ3v) is 5.64. The highest BCUT2D eigenvalue weighted by Crippen LogP contribution is 2.26. The lowest BCUT2D eigenvalue weighted by Crippen LogP contribution is -2.29. The number of nitrogens with one attached hydrogen (secondary N) is 1. The second-order valence-electron chi connectivity index (χ2n) is 4.16. The minimum atomic E-state index is 0.728. The van der Waals surface area contributed by atoms with Gasteiger partial charge in [-0.1, -0.05) is 25.1 Å². The second kappa shape index (κ2) is 6.04. The molecule has 2 atom stereocenters. The molecule has 0 radical (unpaired) electrons. The lowest BCUT2D eigenvalue weighted by Gasteiger charge is -2.21. The minimum absolute atomic E-state index is 0.728. The van der Waals surface area contributed by atoms with E-state index in [1.54, 1.807) is 0 Å². The molecule has 2 aliphatic rings. The summed E-state index contributed by atoms with van der Waals surface area (Å²) in [5.74, 6) is 1.35. The second-order valence-corrected chi connectivity index (χ2v) is 6.86. The Kier molecular flexibility index (Phi) is 4.69. The Bertz CT molecular complexity index is 225. The zero-order chi connectivity index (χ0) is 10.5. The molecule has 0 aromatic carbocycles. The van der Waals surface area contributed by atoms with Crippen LogP contribution in [0, 0.1) is 0 Å². The molecule has 2 rings (SSSR count). The van der Waals surface area contributed by atoms with Gasteiger partial charge in [0.25, 0.3) is 0 Å². The van der Waals surface area contributed by atoms with Gasteiger partial charge in [-0.3, -0.25) is 4.99 Å². The van der Waals surface area contributed by atoms with Crippen LogP contribution < -0.4 is 5.32 Å². The first-order chi connectivity index (χ1) is 7.38. The number of thioether (sulfide) groups is 2. The van der Waals surface area contributed by atoms with E-state index in [9.17, 15) is 0 Å². The quantitative estimate of drug-likeness (QED) is 0.826.